The minimum Gasteiger partial charge on any atom is -0.475 e. The van der Waals surface area contributed by atoms with Gasteiger partial charge in [0, 0.05) is 0 Å². The van der Waals surface area contributed by atoms with E-state index in [1.165, 1.54) is 0 Å². The van der Waals surface area contributed by atoms with Gasteiger partial charge in [-0.2, -0.15) is 0 Å². The van der Waals surface area contributed by atoms with E-state index < -0.39 is 5.97 Å². The number of carbonyl (C=O) groups is 1. The van der Waals surface area contributed by atoms with Crippen molar-refractivity contribution in [2.24, 2.45) is 0 Å². The molecule has 0 aliphatic heterocycles. The Balaban J connectivity index is 3.10. The van der Waals surface area contributed by atoms with Crippen molar-refractivity contribution in [1.29, 1.82) is 0 Å². The molecule has 11 heavy (non-hydrogen) atoms. The molecule has 0 spiro atoms. The van der Waals surface area contributed by atoms with Crippen LogP contribution in [-0.2, 0) is 6.42 Å². The smallest absolute Gasteiger partial charge is 0.376 e. The van der Waals surface area contributed by atoms with Crippen LogP contribution >= 0.6 is 11.6 Å². The highest BCUT2D eigenvalue weighted by atomic mass is 35.5. The van der Waals surface area contributed by atoms with Gasteiger partial charge in [0.2, 0.25) is 0 Å². The van der Waals surface area contributed by atoms with Gasteiger partial charge in [-0.25, -0.2) is 4.79 Å². The number of aryl methyl sites for hydroxylation is 1. The Morgan fingerprint density at radius 3 is 2.73 bits per heavy atom. The molecule has 1 aromatic rings. The molecule has 1 rings (SSSR count). The molecule has 0 fully saturated rings. The van der Waals surface area contributed by atoms with Gasteiger partial charge >= 0.3 is 5.97 Å². The summed E-state index contributed by atoms with van der Waals surface area (Å²) in [6, 6.07) is 0. The van der Waals surface area contributed by atoms with Gasteiger partial charge in [0.15, 0.2) is 0 Å². The second-order valence-electron chi connectivity index (χ2n) is 1.93. The predicted octanol–water partition coefficient (Wildman–Crippen LogP) is 1.59. The first-order valence-electron chi connectivity index (χ1n) is 3.04. The van der Waals surface area contributed by atoms with Crippen LogP contribution in [0, 0.1) is 0 Å². The van der Waals surface area contributed by atoms with Crippen LogP contribution in [0.2, 0.25) is 5.02 Å². The van der Waals surface area contributed by atoms with E-state index in [1.807, 2.05) is 6.92 Å². The van der Waals surface area contributed by atoms with E-state index in [4.69, 9.17) is 16.7 Å². The maximum Gasteiger partial charge on any atom is 0.376 e. The molecule has 0 aliphatic carbocycles. The lowest BCUT2D eigenvalue weighted by Crippen LogP contribution is -1.93. The van der Waals surface area contributed by atoms with Crippen LogP contribution < -0.4 is 0 Å². The number of hydrogen-bond donors (Lipinski definition) is 1. The van der Waals surface area contributed by atoms with E-state index in [2.05, 4.69) is 9.68 Å². The average molecular weight is 176 g/mol. The van der Waals surface area contributed by atoms with Gasteiger partial charge < -0.3 is 9.63 Å². The van der Waals surface area contributed by atoms with E-state index in [9.17, 15) is 4.79 Å². The van der Waals surface area contributed by atoms with E-state index >= 15 is 0 Å². The van der Waals surface area contributed by atoms with Gasteiger partial charge in [-0.1, -0.05) is 23.7 Å². The first kappa shape index (κ1) is 8.07. The van der Waals surface area contributed by atoms with Crippen molar-refractivity contribution in [3.63, 3.8) is 0 Å². The number of carboxylic acids is 1. The molecule has 0 saturated carbocycles. The second-order valence-corrected chi connectivity index (χ2v) is 2.31. The summed E-state index contributed by atoms with van der Waals surface area (Å²) in [4.78, 5) is 10.3. The number of aromatic carboxylic acids is 1. The second kappa shape index (κ2) is 2.92. The lowest BCUT2D eigenvalue weighted by Gasteiger charge is -1.85. The summed E-state index contributed by atoms with van der Waals surface area (Å²) in [6.45, 7) is 1.81. The van der Waals surface area contributed by atoms with Gasteiger partial charge in [0.05, 0.1) is 0 Å². The predicted molar refractivity (Wildman–Crippen MR) is 37.9 cm³/mol. The van der Waals surface area contributed by atoms with Gasteiger partial charge in [-0.3, -0.25) is 0 Å². The van der Waals surface area contributed by atoms with E-state index in [0.717, 1.165) is 0 Å². The molecule has 5 heteroatoms. The largest absolute Gasteiger partial charge is 0.475 e. The van der Waals surface area contributed by atoms with Crippen LogP contribution in [0.1, 0.15) is 23.2 Å². The maximum atomic E-state index is 10.3. The van der Waals surface area contributed by atoms with Crippen molar-refractivity contribution in [2.75, 3.05) is 0 Å². The Morgan fingerprint density at radius 2 is 2.45 bits per heavy atom. The molecule has 1 aromatic heterocycles. The third-order valence-electron chi connectivity index (χ3n) is 1.23. The SMILES string of the molecule is CCc1noc(C(=O)O)c1Cl. The zero-order chi connectivity index (χ0) is 8.43. The monoisotopic (exact) mass is 175 g/mol. The zero-order valence-corrected chi connectivity index (χ0v) is 6.55. The van der Waals surface area contributed by atoms with Crippen LogP contribution in [0.25, 0.3) is 0 Å². The van der Waals surface area contributed by atoms with Gasteiger partial charge in [0.1, 0.15) is 10.7 Å². The van der Waals surface area contributed by atoms with Gasteiger partial charge in [-0.05, 0) is 6.42 Å². The number of hydrogen-bond acceptors (Lipinski definition) is 3. The van der Waals surface area contributed by atoms with Crippen molar-refractivity contribution < 1.29 is 14.4 Å². The Morgan fingerprint density at radius 1 is 1.82 bits per heavy atom. The lowest BCUT2D eigenvalue weighted by atomic mass is 10.3. The van der Waals surface area contributed by atoms with Gasteiger partial charge in [0.25, 0.3) is 5.76 Å². The highest BCUT2D eigenvalue weighted by Gasteiger charge is 2.18. The number of aromatic nitrogens is 1. The fourth-order valence-corrected chi connectivity index (χ4v) is 0.948. The third kappa shape index (κ3) is 1.35. The highest BCUT2D eigenvalue weighted by molar-refractivity contribution is 6.33. The maximum absolute atomic E-state index is 10.3. The van der Waals surface area contributed by atoms with Crippen LogP contribution in [0.4, 0.5) is 0 Å². The van der Waals surface area contributed by atoms with E-state index in [0.29, 0.717) is 12.1 Å². The summed E-state index contributed by atoms with van der Waals surface area (Å²) in [7, 11) is 0. The van der Waals surface area contributed by atoms with Crippen LogP contribution in [-0.4, -0.2) is 16.2 Å². The topological polar surface area (TPSA) is 63.3 Å². The molecule has 0 bridgehead atoms. The summed E-state index contributed by atoms with van der Waals surface area (Å²) in [5, 5.41) is 12.0. The molecule has 0 unspecified atom stereocenters. The average Bonchev–Trinajstić information content (AvgIpc) is 2.30. The summed E-state index contributed by atoms with van der Waals surface area (Å²) in [5.74, 6) is -1.48. The lowest BCUT2D eigenvalue weighted by molar-refractivity contribution is 0.0652. The quantitative estimate of drug-likeness (QED) is 0.742. The normalized spacial score (nSPS) is 10.0. The fourth-order valence-electron chi connectivity index (χ4n) is 0.665. The summed E-state index contributed by atoms with van der Waals surface area (Å²) >= 11 is 5.58. The molecule has 0 aromatic carbocycles. The fraction of sp³-hybridized carbons (Fsp3) is 0.333. The van der Waals surface area contributed by atoms with Crippen molar-refractivity contribution in [3.8, 4) is 0 Å². The molecule has 1 heterocycles. The van der Waals surface area contributed by atoms with Crippen molar-refractivity contribution in [2.45, 2.75) is 13.3 Å². The standard InChI is InChI=1S/C6H6ClNO3/c1-2-3-4(7)5(6(9)10)11-8-3/h2H2,1H3,(H,9,10). The first-order chi connectivity index (χ1) is 5.16. The third-order valence-corrected chi connectivity index (χ3v) is 1.62. The minimum atomic E-state index is -1.19. The van der Waals surface area contributed by atoms with E-state index in [1.54, 1.807) is 0 Å². The zero-order valence-electron chi connectivity index (χ0n) is 5.80. The number of halogens is 1. The van der Waals surface area contributed by atoms with Gasteiger partial charge in [-0.15, -0.1) is 0 Å². The molecular formula is C6H6ClNO3. The molecule has 0 radical (unpaired) electrons. The summed E-state index contributed by atoms with van der Waals surface area (Å²) in [6.07, 6.45) is 0.565. The molecule has 4 nitrogen and oxygen atoms in total. The molecular weight excluding hydrogens is 170 g/mol. The molecule has 0 atom stereocenters. The molecule has 0 saturated heterocycles. The Bertz CT molecular complexity index is 281. The summed E-state index contributed by atoms with van der Waals surface area (Å²) in [5.41, 5.74) is 0.476. The Hall–Kier alpha value is -1.03. The Labute approximate surface area is 67.8 Å². The Kier molecular flexibility index (Phi) is 2.14. The van der Waals surface area contributed by atoms with Crippen molar-refractivity contribution >= 4 is 17.6 Å². The minimum absolute atomic E-state index is 0.0972. The van der Waals surface area contributed by atoms with Crippen LogP contribution in [0.5, 0.6) is 0 Å². The number of carboxylic acid groups (broad SMARTS) is 1. The number of rotatable bonds is 2. The highest BCUT2D eigenvalue weighted by Crippen LogP contribution is 2.20. The van der Waals surface area contributed by atoms with Crippen molar-refractivity contribution in [3.05, 3.63) is 16.5 Å². The van der Waals surface area contributed by atoms with E-state index in [-0.39, 0.29) is 10.8 Å². The summed E-state index contributed by atoms with van der Waals surface area (Å²) < 4.78 is 4.47. The molecule has 0 amide bonds. The molecule has 1 N–H and O–H groups in total. The van der Waals surface area contributed by atoms with Crippen LogP contribution in [0.3, 0.4) is 0 Å². The first-order valence-corrected chi connectivity index (χ1v) is 3.42. The molecule has 0 aliphatic rings. The number of nitrogens with zero attached hydrogens (tertiary/aromatic N) is 1. The molecule has 60 valence electrons. The van der Waals surface area contributed by atoms with Crippen molar-refractivity contribution in [1.82, 2.24) is 5.16 Å². The van der Waals surface area contributed by atoms with Crippen LogP contribution in [0.15, 0.2) is 4.52 Å².